The maximum absolute atomic E-state index is 13.4. The van der Waals surface area contributed by atoms with Gasteiger partial charge in [0, 0.05) is 27.6 Å². The average Bonchev–Trinajstić information content (AvgIpc) is 3.18. The van der Waals surface area contributed by atoms with Gasteiger partial charge in [0.05, 0.1) is 11.1 Å². The van der Waals surface area contributed by atoms with Crippen LogP contribution in [0.25, 0.3) is 27.9 Å². The Morgan fingerprint density at radius 3 is 2.20 bits per heavy atom. The largest absolute Gasteiger partial charge is 0.289 e. The molecular formula is C24H14N4O2. The summed E-state index contributed by atoms with van der Waals surface area (Å²) in [7, 11) is 0. The Hall–Kier alpha value is -4.19. The van der Waals surface area contributed by atoms with Crippen molar-refractivity contribution in [3.05, 3.63) is 94.8 Å². The van der Waals surface area contributed by atoms with Gasteiger partial charge in [-0.3, -0.25) is 14.0 Å². The van der Waals surface area contributed by atoms with Crippen molar-refractivity contribution in [3.8, 4) is 11.4 Å². The van der Waals surface area contributed by atoms with Crippen LogP contribution in [0, 0.1) is 6.92 Å². The SMILES string of the molecule is Cc1nnc2c3ccc4c(c3nc(-c3ccccc3)n12)C(=O)c1ccccc1C4=O. The van der Waals surface area contributed by atoms with E-state index in [1.165, 1.54) is 0 Å². The first kappa shape index (κ1) is 16.7. The summed E-state index contributed by atoms with van der Waals surface area (Å²) >= 11 is 0. The summed E-state index contributed by atoms with van der Waals surface area (Å²) in [5.41, 5.74) is 3.49. The van der Waals surface area contributed by atoms with Gasteiger partial charge in [0.2, 0.25) is 0 Å². The van der Waals surface area contributed by atoms with E-state index in [4.69, 9.17) is 4.98 Å². The van der Waals surface area contributed by atoms with E-state index in [1.54, 1.807) is 36.4 Å². The number of aromatic nitrogens is 4. The molecule has 0 spiro atoms. The van der Waals surface area contributed by atoms with E-state index in [0.717, 1.165) is 5.56 Å². The molecule has 0 saturated heterocycles. The van der Waals surface area contributed by atoms with Crippen molar-refractivity contribution in [3.63, 3.8) is 0 Å². The van der Waals surface area contributed by atoms with Gasteiger partial charge in [0.1, 0.15) is 11.6 Å². The number of nitrogens with zero attached hydrogens (tertiary/aromatic N) is 4. The number of fused-ring (bicyclic) bond motifs is 6. The van der Waals surface area contributed by atoms with Crippen LogP contribution in [0.5, 0.6) is 0 Å². The van der Waals surface area contributed by atoms with Crippen LogP contribution in [0.1, 0.15) is 37.7 Å². The molecule has 6 rings (SSSR count). The quantitative estimate of drug-likeness (QED) is 0.424. The number of carbonyl (C=O) groups excluding carboxylic acids is 2. The second-order valence-corrected chi connectivity index (χ2v) is 7.30. The van der Waals surface area contributed by atoms with Crippen molar-refractivity contribution in [1.29, 1.82) is 0 Å². The number of hydrogen-bond donors (Lipinski definition) is 0. The summed E-state index contributed by atoms with van der Waals surface area (Å²) in [6.07, 6.45) is 0. The summed E-state index contributed by atoms with van der Waals surface area (Å²) in [6.45, 7) is 1.86. The Morgan fingerprint density at radius 2 is 1.43 bits per heavy atom. The third-order valence-electron chi connectivity index (χ3n) is 5.59. The lowest BCUT2D eigenvalue weighted by molar-refractivity contribution is 0.0980. The standard InChI is InChI=1S/C24H14N4O2/c1-13-26-27-24-18-12-11-17-19(22(30)16-10-6-5-9-15(16)21(17)29)20(18)25-23(28(13)24)14-7-3-2-4-8-14/h2-12H,1H3. The Balaban J connectivity index is 1.77. The fraction of sp³-hybridized carbons (Fsp3) is 0.0417. The van der Waals surface area contributed by atoms with E-state index in [1.807, 2.05) is 41.7 Å². The van der Waals surface area contributed by atoms with E-state index < -0.39 is 0 Å². The van der Waals surface area contributed by atoms with Crippen molar-refractivity contribution in [2.45, 2.75) is 6.92 Å². The van der Waals surface area contributed by atoms with E-state index >= 15 is 0 Å². The zero-order valence-corrected chi connectivity index (χ0v) is 16.0. The molecule has 3 aromatic carbocycles. The lowest BCUT2D eigenvalue weighted by atomic mass is 9.83. The van der Waals surface area contributed by atoms with Crippen LogP contribution in [0.2, 0.25) is 0 Å². The predicted molar refractivity (Wildman–Crippen MR) is 112 cm³/mol. The third kappa shape index (κ3) is 2.10. The molecule has 30 heavy (non-hydrogen) atoms. The number of hydrogen-bond acceptors (Lipinski definition) is 5. The molecule has 0 fully saturated rings. The Kier molecular flexibility index (Phi) is 3.29. The van der Waals surface area contributed by atoms with Crippen LogP contribution in [0.4, 0.5) is 0 Å². The molecule has 0 radical (unpaired) electrons. The van der Waals surface area contributed by atoms with E-state index in [0.29, 0.717) is 50.5 Å². The van der Waals surface area contributed by atoms with Crippen LogP contribution >= 0.6 is 0 Å². The Morgan fingerprint density at radius 1 is 0.733 bits per heavy atom. The molecule has 2 heterocycles. The average molecular weight is 390 g/mol. The van der Waals surface area contributed by atoms with Crippen LogP contribution < -0.4 is 0 Å². The number of rotatable bonds is 1. The van der Waals surface area contributed by atoms with Gasteiger partial charge in [0.15, 0.2) is 17.2 Å². The molecule has 5 aromatic rings. The van der Waals surface area contributed by atoms with Crippen molar-refractivity contribution >= 4 is 28.1 Å². The van der Waals surface area contributed by atoms with Gasteiger partial charge in [-0.15, -0.1) is 10.2 Å². The van der Waals surface area contributed by atoms with Gasteiger partial charge in [0.25, 0.3) is 0 Å². The molecule has 0 atom stereocenters. The lowest BCUT2D eigenvalue weighted by Gasteiger charge is -2.19. The number of aryl methyl sites for hydroxylation is 1. The van der Waals surface area contributed by atoms with Crippen LogP contribution in [0.15, 0.2) is 66.7 Å². The Labute approximate surface area is 170 Å². The zero-order chi connectivity index (χ0) is 20.4. The van der Waals surface area contributed by atoms with Gasteiger partial charge >= 0.3 is 0 Å². The molecule has 0 unspecified atom stereocenters. The molecule has 0 N–H and O–H groups in total. The van der Waals surface area contributed by atoms with Crippen LogP contribution in [0.3, 0.4) is 0 Å². The summed E-state index contributed by atoms with van der Waals surface area (Å²) in [5.74, 6) is 0.970. The highest BCUT2D eigenvalue weighted by Crippen LogP contribution is 2.34. The third-order valence-corrected chi connectivity index (χ3v) is 5.59. The Bertz CT molecular complexity index is 1530. The first-order valence-electron chi connectivity index (χ1n) is 9.57. The van der Waals surface area contributed by atoms with Gasteiger partial charge < -0.3 is 0 Å². The van der Waals surface area contributed by atoms with Crippen molar-refractivity contribution < 1.29 is 9.59 Å². The second-order valence-electron chi connectivity index (χ2n) is 7.30. The molecule has 6 heteroatoms. The highest BCUT2D eigenvalue weighted by atomic mass is 16.1. The van der Waals surface area contributed by atoms with Gasteiger partial charge in [-0.05, 0) is 19.1 Å². The zero-order valence-electron chi connectivity index (χ0n) is 16.0. The first-order chi connectivity index (χ1) is 14.6. The minimum atomic E-state index is -0.196. The summed E-state index contributed by atoms with van der Waals surface area (Å²) in [5, 5.41) is 9.27. The van der Waals surface area contributed by atoms with E-state index in [-0.39, 0.29) is 11.6 Å². The van der Waals surface area contributed by atoms with Crippen LogP contribution in [-0.2, 0) is 0 Å². The summed E-state index contributed by atoms with van der Waals surface area (Å²) < 4.78 is 1.88. The predicted octanol–water partition coefficient (Wildman–Crippen LogP) is 4.03. The number of carbonyl (C=O) groups is 2. The molecule has 1 aliphatic rings. The smallest absolute Gasteiger partial charge is 0.196 e. The monoisotopic (exact) mass is 390 g/mol. The molecule has 0 bridgehead atoms. The maximum atomic E-state index is 13.4. The fourth-order valence-electron chi connectivity index (χ4n) is 4.19. The van der Waals surface area contributed by atoms with Gasteiger partial charge in [-0.25, -0.2) is 4.98 Å². The number of ketones is 2. The molecule has 142 valence electrons. The van der Waals surface area contributed by atoms with Crippen molar-refractivity contribution in [2.75, 3.05) is 0 Å². The topological polar surface area (TPSA) is 77.2 Å². The molecule has 1 aliphatic carbocycles. The number of benzene rings is 3. The van der Waals surface area contributed by atoms with Crippen LogP contribution in [-0.4, -0.2) is 31.1 Å². The fourth-order valence-corrected chi connectivity index (χ4v) is 4.19. The molecule has 6 nitrogen and oxygen atoms in total. The molecule has 0 aliphatic heterocycles. The highest BCUT2D eigenvalue weighted by Gasteiger charge is 2.32. The highest BCUT2D eigenvalue weighted by molar-refractivity contribution is 6.32. The normalized spacial score (nSPS) is 13.0. The second kappa shape index (κ2) is 5.90. The molecule has 2 aromatic heterocycles. The molecular weight excluding hydrogens is 376 g/mol. The molecule has 0 saturated carbocycles. The van der Waals surface area contributed by atoms with Crippen molar-refractivity contribution in [1.82, 2.24) is 19.6 Å². The minimum Gasteiger partial charge on any atom is -0.289 e. The summed E-state index contributed by atoms with van der Waals surface area (Å²) in [4.78, 5) is 31.4. The van der Waals surface area contributed by atoms with E-state index in [9.17, 15) is 9.59 Å². The first-order valence-corrected chi connectivity index (χ1v) is 9.57. The molecule has 0 amide bonds. The van der Waals surface area contributed by atoms with Gasteiger partial charge in [-0.1, -0.05) is 54.6 Å². The summed E-state index contributed by atoms with van der Waals surface area (Å²) in [6, 6.07) is 20.1. The van der Waals surface area contributed by atoms with Gasteiger partial charge in [-0.2, -0.15) is 0 Å². The van der Waals surface area contributed by atoms with Crippen molar-refractivity contribution in [2.24, 2.45) is 0 Å². The maximum Gasteiger partial charge on any atom is 0.196 e. The lowest BCUT2D eigenvalue weighted by Crippen LogP contribution is -2.21. The van der Waals surface area contributed by atoms with E-state index in [2.05, 4.69) is 10.2 Å². The minimum absolute atomic E-state index is 0.164.